The molecule has 0 aromatic heterocycles. The number of rotatable bonds is 5. The van der Waals surface area contributed by atoms with Gasteiger partial charge in [-0.2, -0.15) is 0 Å². The Bertz CT molecular complexity index is 506. The van der Waals surface area contributed by atoms with E-state index in [4.69, 9.17) is 15.2 Å². The van der Waals surface area contributed by atoms with Crippen LogP contribution in [0.3, 0.4) is 0 Å². The predicted molar refractivity (Wildman–Crippen MR) is 81.2 cm³/mol. The third-order valence-corrected chi connectivity index (χ3v) is 4.13. The minimum atomic E-state index is -0.644. The van der Waals surface area contributed by atoms with Gasteiger partial charge in [-0.3, -0.25) is 4.79 Å². The maximum absolute atomic E-state index is 12.4. The van der Waals surface area contributed by atoms with E-state index in [0.29, 0.717) is 19.6 Å². The van der Waals surface area contributed by atoms with Crippen molar-refractivity contribution in [2.75, 3.05) is 20.3 Å². The summed E-state index contributed by atoms with van der Waals surface area (Å²) in [5, 5.41) is 3.04. The molecular weight excluding hydrogens is 268 g/mol. The third kappa shape index (κ3) is 3.36. The molecule has 0 saturated carbocycles. The molecular formula is C16H24N2O3. The van der Waals surface area contributed by atoms with Gasteiger partial charge in [0.15, 0.2) is 0 Å². The van der Waals surface area contributed by atoms with Crippen molar-refractivity contribution in [2.24, 2.45) is 11.1 Å². The Balaban J connectivity index is 1.98. The molecule has 2 rings (SSSR count). The molecule has 5 heteroatoms. The molecule has 1 aromatic rings. The van der Waals surface area contributed by atoms with Gasteiger partial charge in [0.1, 0.15) is 5.75 Å². The highest BCUT2D eigenvalue weighted by Crippen LogP contribution is 2.27. The van der Waals surface area contributed by atoms with Crippen molar-refractivity contribution in [2.45, 2.75) is 32.4 Å². The van der Waals surface area contributed by atoms with E-state index in [0.717, 1.165) is 11.3 Å². The fraction of sp³-hybridized carbons (Fsp3) is 0.562. The molecule has 3 N–H and O–H groups in total. The number of para-hydroxylation sites is 1. The second kappa shape index (κ2) is 6.45. The molecule has 3 unspecified atom stereocenters. The van der Waals surface area contributed by atoms with E-state index < -0.39 is 5.41 Å². The quantitative estimate of drug-likeness (QED) is 0.852. The molecule has 1 aromatic carbocycles. The Morgan fingerprint density at radius 2 is 2.29 bits per heavy atom. The second-order valence-corrected chi connectivity index (χ2v) is 5.93. The van der Waals surface area contributed by atoms with Crippen molar-refractivity contribution in [3.63, 3.8) is 0 Å². The van der Waals surface area contributed by atoms with Gasteiger partial charge >= 0.3 is 0 Å². The first-order valence-corrected chi connectivity index (χ1v) is 7.23. The molecule has 1 saturated heterocycles. The van der Waals surface area contributed by atoms with Gasteiger partial charge < -0.3 is 20.5 Å². The molecule has 1 aliphatic rings. The summed E-state index contributed by atoms with van der Waals surface area (Å²) in [7, 11) is 1.65. The van der Waals surface area contributed by atoms with Gasteiger partial charge in [0.25, 0.3) is 0 Å². The number of hydrogen-bond acceptors (Lipinski definition) is 4. The smallest absolute Gasteiger partial charge is 0.230 e. The molecule has 1 heterocycles. The number of methoxy groups -OCH3 is 1. The van der Waals surface area contributed by atoms with E-state index in [1.807, 2.05) is 38.1 Å². The summed E-state index contributed by atoms with van der Waals surface area (Å²) >= 11 is 0. The summed E-state index contributed by atoms with van der Waals surface area (Å²) < 4.78 is 10.7. The fourth-order valence-corrected chi connectivity index (χ4v) is 2.56. The highest BCUT2D eigenvalue weighted by atomic mass is 16.5. The van der Waals surface area contributed by atoms with E-state index in [1.165, 1.54) is 0 Å². The van der Waals surface area contributed by atoms with Crippen LogP contribution in [0.25, 0.3) is 0 Å². The van der Waals surface area contributed by atoms with Gasteiger partial charge in [0, 0.05) is 12.1 Å². The van der Waals surface area contributed by atoms with Crippen LogP contribution >= 0.6 is 0 Å². The average Bonchev–Trinajstić information content (AvgIpc) is 2.80. The van der Waals surface area contributed by atoms with Gasteiger partial charge in [-0.25, -0.2) is 0 Å². The van der Waals surface area contributed by atoms with Crippen LogP contribution < -0.4 is 15.8 Å². The molecule has 0 bridgehead atoms. The molecule has 0 radical (unpaired) electrons. The molecule has 0 spiro atoms. The lowest BCUT2D eigenvalue weighted by atomic mass is 9.84. The van der Waals surface area contributed by atoms with Gasteiger partial charge in [0.05, 0.1) is 25.7 Å². The standard InChI is InChI=1S/C16H24N2O3/c1-11(8-12-6-4-5-7-13(12)20-3)18-15(19)16(2)10-21-9-14(16)17/h4-7,11,14H,8-10,17H2,1-3H3,(H,18,19). The van der Waals surface area contributed by atoms with E-state index in [1.54, 1.807) is 7.11 Å². The molecule has 5 nitrogen and oxygen atoms in total. The predicted octanol–water partition coefficient (Wildman–Crippen LogP) is 1.11. The minimum absolute atomic E-state index is 0.00146. The van der Waals surface area contributed by atoms with Crippen molar-refractivity contribution in [1.82, 2.24) is 5.32 Å². The van der Waals surface area contributed by atoms with Gasteiger partial charge in [-0.05, 0) is 31.9 Å². The highest BCUT2D eigenvalue weighted by Gasteiger charge is 2.44. The topological polar surface area (TPSA) is 73.6 Å². The largest absolute Gasteiger partial charge is 0.496 e. The Morgan fingerprint density at radius 1 is 1.57 bits per heavy atom. The number of ether oxygens (including phenoxy) is 2. The zero-order chi connectivity index (χ0) is 15.5. The van der Waals surface area contributed by atoms with Crippen LogP contribution in [0, 0.1) is 5.41 Å². The Labute approximate surface area is 125 Å². The molecule has 1 amide bonds. The number of benzene rings is 1. The van der Waals surface area contributed by atoms with Crippen molar-refractivity contribution in [3.05, 3.63) is 29.8 Å². The van der Waals surface area contributed by atoms with Crippen molar-refractivity contribution in [3.8, 4) is 5.75 Å². The lowest BCUT2D eigenvalue weighted by molar-refractivity contribution is -0.131. The second-order valence-electron chi connectivity index (χ2n) is 5.93. The van der Waals surface area contributed by atoms with E-state index in [9.17, 15) is 4.79 Å². The number of carbonyl (C=O) groups is 1. The third-order valence-electron chi connectivity index (χ3n) is 4.13. The first kappa shape index (κ1) is 15.8. The van der Waals surface area contributed by atoms with Crippen LogP contribution in [0.5, 0.6) is 5.75 Å². The summed E-state index contributed by atoms with van der Waals surface area (Å²) in [5.41, 5.74) is 6.41. The number of nitrogens with one attached hydrogen (secondary N) is 1. The highest BCUT2D eigenvalue weighted by molar-refractivity contribution is 5.83. The van der Waals surface area contributed by atoms with Gasteiger partial charge in [-0.1, -0.05) is 18.2 Å². The number of hydrogen-bond donors (Lipinski definition) is 2. The minimum Gasteiger partial charge on any atom is -0.496 e. The molecule has 3 atom stereocenters. The van der Waals surface area contributed by atoms with Crippen molar-refractivity contribution in [1.29, 1.82) is 0 Å². The van der Waals surface area contributed by atoms with E-state index in [-0.39, 0.29) is 18.0 Å². The van der Waals surface area contributed by atoms with Crippen molar-refractivity contribution < 1.29 is 14.3 Å². The number of amides is 1. The summed E-state index contributed by atoms with van der Waals surface area (Å²) in [6.45, 7) is 4.65. The van der Waals surface area contributed by atoms with Crippen molar-refractivity contribution >= 4 is 5.91 Å². The molecule has 21 heavy (non-hydrogen) atoms. The molecule has 1 fully saturated rings. The lowest BCUT2D eigenvalue weighted by Gasteiger charge is -2.27. The zero-order valence-electron chi connectivity index (χ0n) is 12.9. The average molecular weight is 292 g/mol. The summed E-state index contributed by atoms with van der Waals surface area (Å²) in [5.74, 6) is 0.792. The first-order chi connectivity index (χ1) is 9.97. The van der Waals surface area contributed by atoms with Crippen LogP contribution in [0.2, 0.25) is 0 Å². The van der Waals surface area contributed by atoms with Crippen LogP contribution in [0.1, 0.15) is 19.4 Å². The van der Waals surface area contributed by atoms with E-state index >= 15 is 0 Å². The normalized spacial score (nSPS) is 26.4. The Kier molecular flexibility index (Phi) is 4.85. The zero-order valence-corrected chi connectivity index (χ0v) is 12.9. The maximum Gasteiger partial charge on any atom is 0.230 e. The number of carbonyl (C=O) groups excluding carboxylic acids is 1. The van der Waals surface area contributed by atoms with Crippen LogP contribution in [0.4, 0.5) is 0 Å². The first-order valence-electron chi connectivity index (χ1n) is 7.23. The Morgan fingerprint density at radius 3 is 2.90 bits per heavy atom. The van der Waals surface area contributed by atoms with Crippen LogP contribution in [-0.4, -0.2) is 38.3 Å². The maximum atomic E-state index is 12.4. The summed E-state index contributed by atoms with van der Waals surface area (Å²) in [6.07, 6.45) is 0.710. The lowest BCUT2D eigenvalue weighted by Crippen LogP contribution is -2.52. The SMILES string of the molecule is COc1ccccc1CC(C)NC(=O)C1(C)COCC1N. The molecule has 1 aliphatic heterocycles. The molecule has 0 aliphatic carbocycles. The fourth-order valence-electron chi connectivity index (χ4n) is 2.56. The molecule has 116 valence electrons. The monoisotopic (exact) mass is 292 g/mol. The summed E-state index contributed by atoms with van der Waals surface area (Å²) in [4.78, 5) is 12.4. The number of nitrogens with two attached hydrogens (primary N) is 1. The van der Waals surface area contributed by atoms with Gasteiger partial charge in [0.2, 0.25) is 5.91 Å². The summed E-state index contributed by atoms with van der Waals surface area (Å²) in [6, 6.07) is 7.57. The Hall–Kier alpha value is -1.59. The van der Waals surface area contributed by atoms with E-state index in [2.05, 4.69) is 5.32 Å². The van der Waals surface area contributed by atoms with Crippen LogP contribution in [0.15, 0.2) is 24.3 Å². The van der Waals surface area contributed by atoms with Crippen LogP contribution in [-0.2, 0) is 16.0 Å². The van der Waals surface area contributed by atoms with Gasteiger partial charge in [-0.15, -0.1) is 0 Å².